The number of pyridine rings is 2. The first-order valence-electron chi connectivity index (χ1n) is 14.0. The van der Waals surface area contributed by atoms with Gasteiger partial charge in [-0.2, -0.15) is 10.2 Å². The Balaban J connectivity index is 1.15. The third kappa shape index (κ3) is 4.85. The molecule has 7 rings (SSSR count). The van der Waals surface area contributed by atoms with Crippen molar-refractivity contribution in [1.82, 2.24) is 44.5 Å². The molecule has 3 N–H and O–H groups in total. The molecule has 2 amide bonds. The Labute approximate surface area is 236 Å². The topological polar surface area (TPSA) is 128 Å². The van der Waals surface area contributed by atoms with Gasteiger partial charge in [0.15, 0.2) is 0 Å². The minimum absolute atomic E-state index is 0.00623. The third-order valence-electron chi connectivity index (χ3n) is 8.19. The van der Waals surface area contributed by atoms with E-state index in [1.165, 1.54) is 0 Å². The van der Waals surface area contributed by atoms with Crippen LogP contribution in [0.3, 0.4) is 0 Å². The number of H-pyrrole nitrogens is 1. The lowest BCUT2D eigenvalue weighted by atomic mass is 10.0. The second-order valence-corrected chi connectivity index (χ2v) is 10.9. The van der Waals surface area contributed by atoms with Crippen LogP contribution < -0.4 is 10.6 Å². The fourth-order valence-electron chi connectivity index (χ4n) is 5.74. The number of carbonyl (C=O) groups is 2. The van der Waals surface area contributed by atoms with Crippen molar-refractivity contribution in [2.75, 3.05) is 51.6 Å². The summed E-state index contributed by atoms with van der Waals surface area (Å²) in [6, 6.07) is 6.11. The second kappa shape index (κ2) is 10.5. The van der Waals surface area contributed by atoms with E-state index in [-0.39, 0.29) is 11.8 Å². The molecule has 210 valence electrons. The van der Waals surface area contributed by atoms with Crippen LogP contribution in [0.4, 0.5) is 5.69 Å². The molecular weight excluding hydrogens is 520 g/mol. The molecule has 7 heterocycles. The van der Waals surface area contributed by atoms with Crippen molar-refractivity contribution in [2.24, 2.45) is 0 Å². The van der Waals surface area contributed by atoms with E-state index in [2.05, 4.69) is 42.7 Å². The van der Waals surface area contributed by atoms with E-state index in [1.54, 1.807) is 23.1 Å². The number of fused-ring (bicyclic) bond motifs is 2. The molecule has 12 nitrogen and oxygen atoms in total. The van der Waals surface area contributed by atoms with Gasteiger partial charge in [-0.05, 0) is 56.7 Å². The van der Waals surface area contributed by atoms with Gasteiger partial charge >= 0.3 is 0 Å². The second-order valence-electron chi connectivity index (χ2n) is 10.9. The van der Waals surface area contributed by atoms with Crippen LogP contribution in [0.2, 0.25) is 0 Å². The van der Waals surface area contributed by atoms with E-state index in [4.69, 9.17) is 0 Å². The quantitative estimate of drug-likeness (QED) is 0.306. The molecule has 0 saturated carbocycles. The Hall–Kier alpha value is -4.55. The van der Waals surface area contributed by atoms with Crippen LogP contribution in [0.5, 0.6) is 0 Å². The summed E-state index contributed by atoms with van der Waals surface area (Å²) < 4.78 is 3.67. The number of piperazine rings is 1. The maximum atomic E-state index is 13.3. The van der Waals surface area contributed by atoms with Crippen molar-refractivity contribution in [3.63, 3.8) is 0 Å². The number of amides is 2. The molecule has 2 fully saturated rings. The monoisotopic (exact) mass is 552 g/mol. The molecule has 0 aromatic carbocycles. The number of anilines is 1. The molecular formula is C29H32N10O2. The van der Waals surface area contributed by atoms with Crippen LogP contribution in [0.1, 0.15) is 39.6 Å². The molecule has 41 heavy (non-hydrogen) atoms. The zero-order valence-electron chi connectivity index (χ0n) is 22.9. The molecule has 0 unspecified atom stereocenters. The Morgan fingerprint density at radius 1 is 1.02 bits per heavy atom. The van der Waals surface area contributed by atoms with Gasteiger partial charge in [0.25, 0.3) is 11.8 Å². The lowest BCUT2D eigenvalue weighted by Crippen LogP contribution is -2.47. The number of rotatable bonds is 5. The largest absolute Gasteiger partial charge is 0.346 e. The van der Waals surface area contributed by atoms with Gasteiger partial charge in [0.2, 0.25) is 0 Å². The first-order valence-corrected chi connectivity index (χ1v) is 14.0. The van der Waals surface area contributed by atoms with Gasteiger partial charge in [0, 0.05) is 61.9 Å². The van der Waals surface area contributed by atoms with Crippen molar-refractivity contribution < 1.29 is 9.59 Å². The number of piperidine rings is 1. The van der Waals surface area contributed by atoms with Gasteiger partial charge in [-0.25, -0.2) is 9.50 Å². The van der Waals surface area contributed by atoms with Crippen molar-refractivity contribution in [1.29, 1.82) is 0 Å². The summed E-state index contributed by atoms with van der Waals surface area (Å²) in [5.41, 5.74) is 4.91. The van der Waals surface area contributed by atoms with Crippen LogP contribution in [0.25, 0.3) is 27.7 Å². The number of nitrogens with one attached hydrogen (secondary N) is 3. The normalized spacial score (nSPS) is 17.0. The minimum Gasteiger partial charge on any atom is -0.346 e. The number of aromatic amines is 1. The van der Waals surface area contributed by atoms with Crippen molar-refractivity contribution in [2.45, 2.75) is 18.9 Å². The number of hydrogen-bond donors (Lipinski definition) is 3. The van der Waals surface area contributed by atoms with Crippen LogP contribution in [0, 0.1) is 0 Å². The summed E-state index contributed by atoms with van der Waals surface area (Å²) in [5.74, 6) is -0.254. The Bertz CT molecular complexity index is 1740. The Morgan fingerprint density at radius 2 is 1.85 bits per heavy atom. The Kier molecular flexibility index (Phi) is 6.48. The summed E-state index contributed by atoms with van der Waals surface area (Å²) in [4.78, 5) is 38.3. The Morgan fingerprint density at radius 3 is 2.68 bits per heavy atom. The summed E-state index contributed by atoms with van der Waals surface area (Å²) in [5, 5.41) is 16.0. The van der Waals surface area contributed by atoms with E-state index in [9.17, 15) is 9.59 Å². The van der Waals surface area contributed by atoms with Crippen LogP contribution in [0.15, 0.2) is 55.4 Å². The molecule has 5 aromatic heterocycles. The van der Waals surface area contributed by atoms with Crippen LogP contribution in [-0.4, -0.2) is 97.3 Å². The molecule has 0 aliphatic carbocycles. The molecule has 2 aliphatic heterocycles. The lowest BCUT2D eigenvalue weighted by Gasteiger charge is -2.32. The van der Waals surface area contributed by atoms with Gasteiger partial charge in [0.1, 0.15) is 5.65 Å². The SMILES string of the molecule is CN1CCN(C(=O)c2cnn3ccc(-c4c[nH]c5ncc(C(=O)Nc6cnn(C7CCNCC7)c6)cc45)cc23)CC1. The first kappa shape index (κ1) is 25.4. The first-order chi connectivity index (χ1) is 20.0. The van der Waals surface area contributed by atoms with Crippen molar-refractivity contribution in [3.8, 4) is 11.1 Å². The highest BCUT2D eigenvalue weighted by molar-refractivity contribution is 6.07. The molecule has 5 aromatic rings. The highest BCUT2D eigenvalue weighted by Crippen LogP contribution is 2.30. The molecule has 2 saturated heterocycles. The highest BCUT2D eigenvalue weighted by Gasteiger charge is 2.24. The molecule has 2 aliphatic rings. The van der Waals surface area contributed by atoms with Gasteiger partial charge < -0.3 is 25.4 Å². The van der Waals surface area contributed by atoms with Gasteiger partial charge in [-0.1, -0.05) is 0 Å². The maximum absolute atomic E-state index is 13.3. The molecule has 12 heteroatoms. The number of hydrogen-bond acceptors (Lipinski definition) is 7. The fraction of sp³-hybridized carbons (Fsp3) is 0.345. The van der Waals surface area contributed by atoms with E-state index < -0.39 is 0 Å². The zero-order valence-corrected chi connectivity index (χ0v) is 22.9. The average Bonchev–Trinajstić information content (AvgIpc) is 3.75. The zero-order chi connectivity index (χ0) is 27.9. The third-order valence-corrected chi connectivity index (χ3v) is 8.19. The van der Waals surface area contributed by atoms with Gasteiger partial charge in [-0.3, -0.25) is 14.3 Å². The van der Waals surface area contributed by atoms with Gasteiger partial charge in [-0.15, -0.1) is 0 Å². The smallest absolute Gasteiger partial charge is 0.257 e. The van der Waals surface area contributed by atoms with E-state index in [1.807, 2.05) is 46.4 Å². The van der Waals surface area contributed by atoms with E-state index in [0.717, 1.165) is 61.1 Å². The number of aromatic nitrogens is 6. The standard InChI is InChI=1S/C29H32N10O2/c1-36-8-10-37(11-9-36)29(41)25-17-34-38-7-4-19(13-26(25)38)24-16-32-27-23(24)12-20(14-31-27)28(40)35-21-15-33-39(18-21)22-2-5-30-6-3-22/h4,7,12-18,22,30H,2-3,5-6,8-11H2,1H3,(H,31,32)(H,35,40). The predicted molar refractivity (Wildman–Crippen MR) is 155 cm³/mol. The summed E-state index contributed by atoms with van der Waals surface area (Å²) in [6.45, 7) is 5.05. The van der Waals surface area contributed by atoms with Crippen LogP contribution in [-0.2, 0) is 0 Å². The van der Waals surface area contributed by atoms with Crippen molar-refractivity contribution >= 4 is 34.1 Å². The molecule has 0 atom stereocenters. The number of nitrogens with zero attached hydrogens (tertiary/aromatic N) is 7. The molecule has 0 bridgehead atoms. The molecule has 0 radical (unpaired) electrons. The van der Waals surface area contributed by atoms with Crippen LogP contribution >= 0.6 is 0 Å². The minimum atomic E-state index is -0.247. The van der Waals surface area contributed by atoms with Crippen molar-refractivity contribution in [3.05, 3.63) is 66.5 Å². The summed E-state index contributed by atoms with van der Waals surface area (Å²) >= 11 is 0. The molecule has 0 spiro atoms. The summed E-state index contributed by atoms with van der Waals surface area (Å²) in [6.07, 6.45) is 12.6. The number of carbonyl (C=O) groups excluding carboxylic acids is 2. The maximum Gasteiger partial charge on any atom is 0.257 e. The summed E-state index contributed by atoms with van der Waals surface area (Å²) in [7, 11) is 2.07. The average molecular weight is 553 g/mol. The number of likely N-dealkylation sites (N-methyl/N-ethyl adjacent to an activating group) is 1. The lowest BCUT2D eigenvalue weighted by molar-refractivity contribution is 0.0666. The highest BCUT2D eigenvalue weighted by atomic mass is 16.2. The van der Waals surface area contributed by atoms with E-state index in [0.29, 0.717) is 41.6 Å². The fourth-order valence-corrected chi connectivity index (χ4v) is 5.74. The predicted octanol–water partition coefficient (Wildman–Crippen LogP) is 2.64. The van der Waals surface area contributed by atoms with Gasteiger partial charge in [0.05, 0.1) is 40.8 Å². The van der Waals surface area contributed by atoms with E-state index >= 15 is 0 Å².